The van der Waals surface area contributed by atoms with Gasteiger partial charge in [-0.2, -0.15) is 0 Å². The van der Waals surface area contributed by atoms with Gasteiger partial charge in [-0.3, -0.25) is 0 Å². The summed E-state index contributed by atoms with van der Waals surface area (Å²) >= 11 is 3.46. The first kappa shape index (κ1) is 18.4. The van der Waals surface area contributed by atoms with Crippen LogP contribution in [0, 0.1) is 13.8 Å². The average molecular weight is 432 g/mol. The van der Waals surface area contributed by atoms with Gasteiger partial charge in [0.1, 0.15) is 5.75 Å². The highest BCUT2D eigenvalue weighted by Crippen LogP contribution is 2.28. The Bertz CT molecular complexity index is 1180. The molecule has 4 heteroatoms. The number of carbonyl (C=O) groups excluding carboxylic acids is 1. The Hall–Kier alpha value is -2.98. The van der Waals surface area contributed by atoms with Crippen molar-refractivity contribution < 1.29 is 9.53 Å². The molecule has 0 saturated carbocycles. The van der Waals surface area contributed by atoms with Crippen molar-refractivity contribution in [2.24, 2.45) is 0 Å². The van der Waals surface area contributed by atoms with Gasteiger partial charge in [0.05, 0.1) is 16.8 Å². The Morgan fingerprint density at radius 3 is 2.43 bits per heavy atom. The molecular formula is C24H18BrNO2. The summed E-state index contributed by atoms with van der Waals surface area (Å²) in [7, 11) is 0. The minimum atomic E-state index is -0.387. The number of nitrogens with zero attached hydrogens (tertiary/aromatic N) is 1. The average Bonchev–Trinajstić information content (AvgIpc) is 2.68. The molecule has 0 amide bonds. The van der Waals surface area contributed by atoms with E-state index in [0.29, 0.717) is 11.3 Å². The van der Waals surface area contributed by atoms with Crippen LogP contribution in [-0.2, 0) is 0 Å². The molecule has 4 rings (SSSR count). The molecule has 0 aliphatic rings. The number of benzene rings is 3. The second kappa shape index (κ2) is 7.56. The third-order valence-electron chi connectivity index (χ3n) is 4.60. The molecule has 1 heterocycles. The van der Waals surface area contributed by atoms with Gasteiger partial charge in [-0.05, 0) is 55.3 Å². The molecule has 3 aromatic carbocycles. The Balaban J connectivity index is 1.85. The summed E-state index contributed by atoms with van der Waals surface area (Å²) in [5.74, 6) is 0.148. The van der Waals surface area contributed by atoms with Crippen molar-refractivity contribution in [3.8, 4) is 17.0 Å². The van der Waals surface area contributed by atoms with E-state index in [1.807, 2.05) is 80.6 Å². The van der Waals surface area contributed by atoms with Crippen LogP contribution in [0.3, 0.4) is 0 Å². The van der Waals surface area contributed by atoms with Crippen molar-refractivity contribution in [1.29, 1.82) is 0 Å². The van der Waals surface area contributed by atoms with Gasteiger partial charge in [-0.25, -0.2) is 9.78 Å². The minimum absolute atomic E-state index is 0.387. The van der Waals surface area contributed by atoms with Crippen molar-refractivity contribution in [3.63, 3.8) is 0 Å². The Labute approximate surface area is 172 Å². The van der Waals surface area contributed by atoms with E-state index in [1.54, 1.807) is 6.07 Å². The van der Waals surface area contributed by atoms with E-state index < -0.39 is 0 Å². The van der Waals surface area contributed by atoms with Gasteiger partial charge in [0.15, 0.2) is 0 Å². The van der Waals surface area contributed by atoms with E-state index in [4.69, 9.17) is 9.72 Å². The van der Waals surface area contributed by atoms with Gasteiger partial charge in [0, 0.05) is 15.4 Å². The molecule has 0 fully saturated rings. The number of carbonyl (C=O) groups is 1. The normalized spacial score (nSPS) is 10.8. The molecule has 0 spiro atoms. The van der Waals surface area contributed by atoms with Crippen molar-refractivity contribution >= 4 is 32.8 Å². The van der Waals surface area contributed by atoms with Gasteiger partial charge >= 0.3 is 5.97 Å². The smallest absolute Gasteiger partial charge is 0.344 e. The zero-order chi connectivity index (χ0) is 19.7. The molecule has 28 heavy (non-hydrogen) atoms. The lowest BCUT2D eigenvalue weighted by atomic mass is 10.0. The number of rotatable bonds is 3. The van der Waals surface area contributed by atoms with Gasteiger partial charge in [-0.1, -0.05) is 58.4 Å². The lowest BCUT2D eigenvalue weighted by Gasteiger charge is -2.12. The molecule has 0 radical (unpaired) electrons. The fourth-order valence-electron chi connectivity index (χ4n) is 3.17. The standard InChI is InChI=1S/C24H18BrNO2/c1-15-5-3-7-19(13-15)28-24(27)21-14-22(17-9-11-18(25)12-10-17)26-23-16(2)6-4-8-20(21)23/h3-14H,1-2H3. The summed E-state index contributed by atoms with van der Waals surface area (Å²) in [6.45, 7) is 3.96. The van der Waals surface area contributed by atoms with E-state index in [-0.39, 0.29) is 5.97 Å². The highest BCUT2D eigenvalue weighted by Gasteiger charge is 2.17. The molecular weight excluding hydrogens is 414 g/mol. The maximum atomic E-state index is 13.0. The first-order valence-electron chi connectivity index (χ1n) is 8.96. The van der Waals surface area contributed by atoms with Crippen LogP contribution < -0.4 is 4.74 Å². The largest absolute Gasteiger partial charge is 0.423 e. The van der Waals surface area contributed by atoms with E-state index in [9.17, 15) is 4.79 Å². The van der Waals surface area contributed by atoms with Crippen LogP contribution in [0.4, 0.5) is 0 Å². The second-order valence-corrected chi connectivity index (χ2v) is 7.65. The summed E-state index contributed by atoms with van der Waals surface area (Å²) in [5.41, 5.74) is 5.05. The summed E-state index contributed by atoms with van der Waals surface area (Å²) < 4.78 is 6.66. The molecule has 0 saturated heterocycles. The molecule has 138 valence electrons. The fourth-order valence-corrected chi connectivity index (χ4v) is 3.43. The van der Waals surface area contributed by atoms with Crippen molar-refractivity contribution in [1.82, 2.24) is 4.98 Å². The van der Waals surface area contributed by atoms with Crippen molar-refractivity contribution in [3.05, 3.63) is 94.0 Å². The fraction of sp³-hybridized carbons (Fsp3) is 0.0833. The van der Waals surface area contributed by atoms with Crippen LogP contribution in [0.1, 0.15) is 21.5 Å². The molecule has 4 aromatic rings. The minimum Gasteiger partial charge on any atom is -0.423 e. The van der Waals surface area contributed by atoms with E-state index >= 15 is 0 Å². The third kappa shape index (κ3) is 3.69. The van der Waals surface area contributed by atoms with Crippen molar-refractivity contribution in [2.75, 3.05) is 0 Å². The summed E-state index contributed by atoms with van der Waals surface area (Å²) in [5, 5.41) is 0.790. The highest BCUT2D eigenvalue weighted by molar-refractivity contribution is 9.10. The predicted octanol–water partition coefficient (Wildman–Crippen LogP) is 6.50. The number of fused-ring (bicyclic) bond motifs is 1. The number of esters is 1. The lowest BCUT2D eigenvalue weighted by molar-refractivity contribution is 0.0737. The summed E-state index contributed by atoms with van der Waals surface area (Å²) in [6.07, 6.45) is 0. The first-order chi connectivity index (χ1) is 13.5. The van der Waals surface area contributed by atoms with E-state index in [2.05, 4.69) is 15.9 Å². The number of para-hydroxylation sites is 1. The SMILES string of the molecule is Cc1cccc(OC(=O)c2cc(-c3ccc(Br)cc3)nc3c(C)cccc23)c1. The topological polar surface area (TPSA) is 39.2 Å². The Kier molecular flexibility index (Phi) is 4.97. The van der Waals surface area contributed by atoms with Crippen LogP contribution >= 0.6 is 15.9 Å². The number of aromatic nitrogens is 1. The first-order valence-corrected chi connectivity index (χ1v) is 9.76. The third-order valence-corrected chi connectivity index (χ3v) is 5.13. The zero-order valence-corrected chi connectivity index (χ0v) is 17.2. The van der Waals surface area contributed by atoms with Gasteiger partial charge < -0.3 is 4.74 Å². The van der Waals surface area contributed by atoms with E-state index in [1.165, 1.54) is 0 Å². The van der Waals surface area contributed by atoms with Crippen LogP contribution in [0.5, 0.6) is 5.75 Å². The predicted molar refractivity (Wildman–Crippen MR) is 116 cm³/mol. The van der Waals surface area contributed by atoms with Crippen molar-refractivity contribution in [2.45, 2.75) is 13.8 Å². The van der Waals surface area contributed by atoms with E-state index in [0.717, 1.165) is 37.8 Å². The number of halogens is 1. The molecule has 0 aliphatic carbocycles. The summed E-state index contributed by atoms with van der Waals surface area (Å²) in [4.78, 5) is 17.8. The zero-order valence-electron chi connectivity index (χ0n) is 15.6. The Morgan fingerprint density at radius 1 is 0.929 bits per heavy atom. The van der Waals surface area contributed by atoms with Gasteiger partial charge in [0.2, 0.25) is 0 Å². The summed E-state index contributed by atoms with van der Waals surface area (Å²) in [6, 6.07) is 23.0. The molecule has 0 N–H and O–H groups in total. The highest BCUT2D eigenvalue weighted by atomic mass is 79.9. The molecule has 0 unspecified atom stereocenters. The number of pyridine rings is 1. The van der Waals surface area contributed by atoms with Crippen LogP contribution in [-0.4, -0.2) is 11.0 Å². The molecule has 0 atom stereocenters. The monoisotopic (exact) mass is 431 g/mol. The number of hydrogen-bond donors (Lipinski definition) is 0. The second-order valence-electron chi connectivity index (χ2n) is 6.74. The lowest BCUT2D eigenvalue weighted by Crippen LogP contribution is -2.10. The molecule has 0 aliphatic heterocycles. The number of aryl methyl sites for hydroxylation is 2. The molecule has 3 nitrogen and oxygen atoms in total. The number of ether oxygens (including phenoxy) is 1. The quantitative estimate of drug-likeness (QED) is 0.274. The number of hydrogen-bond acceptors (Lipinski definition) is 3. The van der Waals surface area contributed by atoms with Crippen LogP contribution in [0.2, 0.25) is 0 Å². The van der Waals surface area contributed by atoms with Gasteiger partial charge in [-0.15, -0.1) is 0 Å². The molecule has 1 aromatic heterocycles. The maximum Gasteiger partial charge on any atom is 0.344 e. The maximum absolute atomic E-state index is 13.0. The van der Waals surface area contributed by atoms with Crippen LogP contribution in [0.15, 0.2) is 77.3 Å². The Morgan fingerprint density at radius 2 is 1.68 bits per heavy atom. The molecule has 0 bridgehead atoms. The van der Waals surface area contributed by atoms with Gasteiger partial charge in [0.25, 0.3) is 0 Å². The van der Waals surface area contributed by atoms with Crippen LogP contribution in [0.25, 0.3) is 22.2 Å².